The summed E-state index contributed by atoms with van der Waals surface area (Å²) in [6.07, 6.45) is 0. The van der Waals surface area contributed by atoms with E-state index in [1.54, 1.807) is 0 Å². The van der Waals surface area contributed by atoms with Crippen molar-refractivity contribution in [2.24, 2.45) is 0 Å². The van der Waals surface area contributed by atoms with Gasteiger partial charge >= 0.3 is 0 Å². The number of fused-ring (bicyclic) bond motifs is 3. The molecule has 2 heterocycles. The van der Waals surface area contributed by atoms with Crippen LogP contribution in [0.4, 0.5) is 0 Å². The average molecular weight is 536 g/mol. The van der Waals surface area contributed by atoms with Crippen LogP contribution in [0, 0.1) is 11.3 Å². The van der Waals surface area contributed by atoms with Gasteiger partial charge in [0.1, 0.15) is 11.6 Å². The molecule has 0 saturated carbocycles. The molecule has 0 fully saturated rings. The zero-order valence-electron chi connectivity index (χ0n) is 24.4. The van der Waals surface area contributed by atoms with Gasteiger partial charge in [0.15, 0.2) is 5.82 Å². The molecule has 0 saturated heterocycles. The standard InChI is InChI=1S/C36H33N5/c1-35(2,3)33-38-32(39-34(40-33)36(4,5)6)27-21-23(22-37)19-20-29(27)41-28-17-11-10-15-26(28)31-25(16-12-18-30(31)41)24-13-8-7-9-14-24/h7-21H,1-6H3. The number of nitrogens with zero attached hydrogens (tertiary/aromatic N) is 5. The van der Waals surface area contributed by atoms with Crippen LogP contribution in [0.25, 0.3) is 50.0 Å². The van der Waals surface area contributed by atoms with E-state index >= 15 is 0 Å². The zero-order chi connectivity index (χ0) is 28.9. The molecule has 0 aliphatic carbocycles. The van der Waals surface area contributed by atoms with Crippen molar-refractivity contribution in [1.82, 2.24) is 19.5 Å². The normalized spacial score (nSPS) is 12.1. The molecule has 4 aromatic carbocycles. The van der Waals surface area contributed by atoms with Crippen molar-refractivity contribution < 1.29 is 0 Å². The number of rotatable bonds is 3. The Kier molecular flexibility index (Phi) is 6.23. The summed E-state index contributed by atoms with van der Waals surface area (Å²) in [4.78, 5) is 14.9. The highest BCUT2D eigenvalue weighted by Crippen LogP contribution is 2.40. The Balaban J connectivity index is 1.72. The van der Waals surface area contributed by atoms with Crippen molar-refractivity contribution in [2.45, 2.75) is 52.4 Å². The molecule has 41 heavy (non-hydrogen) atoms. The molecular formula is C36H33N5. The molecule has 0 amide bonds. The average Bonchev–Trinajstić information content (AvgIpc) is 3.30. The van der Waals surface area contributed by atoms with Crippen LogP contribution in [0.2, 0.25) is 0 Å². The molecular weight excluding hydrogens is 502 g/mol. The second-order valence-corrected chi connectivity index (χ2v) is 12.6. The Labute approximate surface area is 241 Å². The van der Waals surface area contributed by atoms with Crippen molar-refractivity contribution in [3.63, 3.8) is 0 Å². The lowest BCUT2D eigenvalue weighted by Crippen LogP contribution is -2.24. The highest BCUT2D eigenvalue weighted by molar-refractivity contribution is 6.16. The Morgan fingerprint density at radius 3 is 1.93 bits per heavy atom. The second kappa shape index (κ2) is 9.67. The molecule has 6 aromatic rings. The van der Waals surface area contributed by atoms with Crippen LogP contribution in [0.1, 0.15) is 58.8 Å². The van der Waals surface area contributed by atoms with Crippen LogP contribution in [-0.2, 0) is 10.8 Å². The maximum atomic E-state index is 9.89. The van der Waals surface area contributed by atoms with Gasteiger partial charge in [0.25, 0.3) is 0 Å². The minimum atomic E-state index is -0.276. The molecule has 0 N–H and O–H groups in total. The SMILES string of the molecule is CC(C)(C)c1nc(-c2cc(C#N)ccc2-n2c3ccccc3c3c(-c4ccccc4)cccc32)nc(C(C)(C)C)n1. The smallest absolute Gasteiger partial charge is 0.165 e. The molecule has 0 spiro atoms. The van der Waals surface area contributed by atoms with E-state index in [9.17, 15) is 5.26 Å². The molecule has 5 heteroatoms. The van der Waals surface area contributed by atoms with Crippen molar-refractivity contribution in [3.05, 3.63) is 108 Å². The van der Waals surface area contributed by atoms with Crippen LogP contribution in [0.3, 0.4) is 0 Å². The Hall–Kier alpha value is -4.82. The fraction of sp³-hybridized carbons (Fsp3) is 0.222. The lowest BCUT2D eigenvalue weighted by atomic mass is 9.92. The fourth-order valence-electron chi connectivity index (χ4n) is 5.28. The molecule has 0 radical (unpaired) electrons. The van der Waals surface area contributed by atoms with Crippen molar-refractivity contribution >= 4 is 21.8 Å². The van der Waals surface area contributed by atoms with Crippen molar-refractivity contribution in [1.29, 1.82) is 5.26 Å². The fourth-order valence-corrected chi connectivity index (χ4v) is 5.28. The number of aromatic nitrogens is 4. The van der Waals surface area contributed by atoms with Crippen LogP contribution in [0.5, 0.6) is 0 Å². The minimum Gasteiger partial charge on any atom is -0.308 e. The van der Waals surface area contributed by atoms with Gasteiger partial charge in [-0.25, -0.2) is 15.0 Å². The van der Waals surface area contributed by atoms with Crippen LogP contribution < -0.4 is 0 Å². The van der Waals surface area contributed by atoms with Crippen molar-refractivity contribution in [3.8, 4) is 34.3 Å². The summed E-state index contributed by atoms with van der Waals surface area (Å²) in [7, 11) is 0. The lowest BCUT2D eigenvalue weighted by Gasteiger charge is -2.23. The quantitative estimate of drug-likeness (QED) is 0.227. The third-order valence-electron chi connectivity index (χ3n) is 7.37. The van der Waals surface area contributed by atoms with E-state index < -0.39 is 0 Å². The molecule has 2 aromatic heterocycles. The topological polar surface area (TPSA) is 67.4 Å². The maximum absolute atomic E-state index is 9.89. The van der Waals surface area contributed by atoms with Gasteiger partial charge in [0.05, 0.1) is 28.4 Å². The van der Waals surface area contributed by atoms with Gasteiger partial charge in [-0.3, -0.25) is 0 Å². The molecule has 6 rings (SSSR count). The Bertz CT molecular complexity index is 1930. The first-order valence-electron chi connectivity index (χ1n) is 14.0. The first-order valence-corrected chi connectivity index (χ1v) is 14.0. The van der Waals surface area contributed by atoms with Gasteiger partial charge in [-0.15, -0.1) is 0 Å². The van der Waals surface area contributed by atoms with Crippen molar-refractivity contribution in [2.75, 3.05) is 0 Å². The molecule has 202 valence electrons. The van der Waals surface area contributed by atoms with E-state index in [1.165, 1.54) is 21.9 Å². The van der Waals surface area contributed by atoms with Crippen LogP contribution >= 0.6 is 0 Å². The van der Waals surface area contributed by atoms with E-state index in [0.29, 0.717) is 11.4 Å². The summed E-state index contributed by atoms with van der Waals surface area (Å²) >= 11 is 0. The Morgan fingerprint density at radius 2 is 1.27 bits per heavy atom. The largest absolute Gasteiger partial charge is 0.308 e. The van der Waals surface area contributed by atoms with E-state index in [-0.39, 0.29) is 10.8 Å². The number of hydrogen-bond donors (Lipinski definition) is 0. The highest BCUT2D eigenvalue weighted by Gasteiger charge is 2.27. The van der Waals surface area contributed by atoms with E-state index in [0.717, 1.165) is 33.9 Å². The summed E-state index contributed by atoms with van der Waals surface area (Å²) in [5.41, 5.74) is 6.25. The predicted molar refractivity (Wildman–Crippen MR) is 167 cm³/mol. The monoisotopic (exact) mass is 535 g/mol. The third kappa shape index (κ3) is 4.66. The summed E-state index contributed by atoms with van der Waals surface area (Å²) in [6, 6.07) is 33.6. The van der Waals surface area contributed by atoms with Gasteiger partial charge in [0, 0.05) is 27.2 Å². The molecule has 0 aliphatic rings. The lowest BCUT2D eigenvalue weighted by molar-refractivity contribution is 0.497. The van der Waals surface area contributed by atoms with Gasteiger partial charge in [-0.05, 0) is 41.5 Å². The van der Waals surface area contributed by atoms with E-state index in [1.807, 2.05) is 24.3 Å². The number of benzene rings is 4. The molecule has 5 nitrogen and oxygen atoms in total. The van der Waals surface area contributed by atoms with Gasteiger partial charge in [0.2, 0.25) is 0 Å². The summed E-state index contributed by atoms with van der Waals surface area (Å²) in [5.74, 6) is 2.04. The number of para-hydroxylation sites is 1. The summed E-state index contributed by atoms with van der Waals surface area (Å²) < 4.78 is 2.28. The zero-order valence-corrected chi connectivity index (χ0v) is 24.4. The first-order chi connectivity index (χ1) is 19.6. The minimum absolute atomic E-state index is 0.276. The van der Waals surface area contributed by atoms with Crippen LogP contribution in [0.15, 0.2) is 91.0 Å². The van der Waals surface area contributed by atoms with E-state index in [4.69, 9.17) is 15.0 Å². The third-order valence-corrected chi connectivity index (χ3v) is 7.37. The predicted octanol–water partition coefficient (Wildman–Crippen LogP) is 8.77. The summed E-state index contributed by atoms with van der Waals surface area (Å²) in [6.45, 7) is 12.7. The van der Waals surface area contributed by atoms with E-state index in [2.05, 4.69) is 119 Å². The molecule has 0 unspecified atom stereocenters. The molecule has 0 atom stereocenters. The Morgan fingerprint density at radius 1 is 0.634 bits per heavy atom. The first kappa shape index (κ1) is 26.4. The van der Waals surface area contributed by atoms with Gasteiger partial charge in [-0.1, -0.05) is 102 Å². The van der Waals surface area contributed by atoms with Crippen LogP contribution in [-0.4, -0.2) is 19.5 Å². The molecule has 0 bridgehead atoms. The van der Waals surface area contributed by atoms with Gasteiger partial charge < -0.3 is 4.57 Å². The maximum Gasteiger partial charge on any atom is 0.165 e. The number of hydrogen-bond acceptors (Lipinski definition) is 4. The second-order valence-electron chi connectivity index (χ2n) is 12.6. The summed E-state index contributed by atoms with van der Waals surface area (Å²) in [5, 5.41) is 12.2. The van der Waals surface area contributed by atoms with Gasteiger partial charge in [-0.2, -0.15) is 5.26 Å². The number of nitriles is 1. The molecule has 0 aliphatic heterocycles. The highest BCUT2D eigenvalue weighted by atomic mass is 15.1.